The van der Waals surface area contributed by atoms with Crippen molar-refractivity contribution in [2.45, 2.75) is 6.42 Å². The number of ether oxygens (including phenoxy) is 1. The van der Waals surface area contributed by atoms with Crippen molar-refractivity contribution in [3.63, 3.8) is 0 Å². The van der Waals surface area contributed by atoms with Crippen molar-refractivity contribution < 1.29 is 4.74 Å². The molecule has 1 nitrogen and oxygen atoms in total. The minimum absolute atomic E-state index is 0.572. The molecule has 2 heteroatoms. The van der Waals surface area contributed by atoms with Gasteiger partial charge in [0.25, 0.3) is 0 Å². The first-order valence-electron chi connectivity index (χ1n) is 3.52. The van der Waals surface area contributed by atoms with E-state index in [1.54, 1.807) is 6.08 Å². The molecule has 0 fully saturated rings. The number of hydrogen-bond acceptors (Lipinski definition) is 2. The van der Waals surface area contributed by atoms with Crippen LogP contribution >= 0.6 is 11.3 Å². The molecule has 0 aromatic carbocycles. The molecule has 0 aliphatic rings. The molecule has 61 valence electrons. The van der Waals surface area contributed by atoms with E-state index < -0.39 is 0 Å². The number of allylic oxidation sites excluding steroid dienone is 2. The molecule has 1 heterocycles. The van der Waals surface area contributed by atoms with Crippen molar-refractivity contribution in [3.8, 4) is 17.4 Å². The van der Waals surface area contributed by atoms with Gasteiger partial charge in [-0.1, -0.05) is 5.92 Å². The number of thiophene rings is 1. The molecular formula is C10H9OS. The second kappa shape index (κ2) is 4.63. The van der Waals surface area contributed by atoms with Gasteiger partial charge in [-0.25, -0.2) is 0 Å². The molecule has 1 rings (SSSR count). The summed E-state index contributed by atoms with van der Waals surface area (Å²) in [6.07, 6.45) is 7.26. The van der Waals surface area contributed by atoms with Crippen molar-refractivity contribution in [1.82, 2.24) is 0 Å². The topological polar surface area (TPSA) is 9.23 Å². The van der Waals surface area contributed by atoms with Crippen LogP contribution in [-0.2, 0) is 0 Å². The standard InChI is InChI=1S/C10H9OS/c1-3-6-9(4-2)11-10-7-5-8-12-10/h1,5-8H,2,4H2/b9-6-. The van der Waals surface area contributed by atoms with E-state index in [1.807, 2.05) is 17.5 Å². The lowest BCUT2D eigenvalue weighted by molar-refractivity contribution is 0.427. The maximum Gasteiger partial charge on any atom is 0.180 e. The smallest absolute Gasteiger partial charge is 0.180 e. The van der Waals surface area contributed by atoms with E-state index in [9.17, 15) is 0 Å². The van der Waals surface area contributed by atoms with Crippen LogP contribution < -0.4 is 4.74 Å². The minimum Gasteiger partial charge on any atom is -0.450 e. The van der Waals surface area contributed by atoms with Crippen LogP contribution in [0.3, 0.4) is 0 Å². The Kier molecular flexibility index (Phi) is 3.43. The summed E-state index contributed by atoms with van der Waals surface area (Å²) in [5.41, 5.74) is 0. The zero-order chi connectivity index (χ0) is 8.81. The highest BCUT2D eigenvalue weighted by Gasteiger charge is 1.97. The van der Waals surface area contributed by atoms with E-state index in [2.05, 4.69) is 12.8 Å². The number of hydrogen-bond donors (Lipinski definition) is 0. The molecular weight excluding hydrogens is 168 g/mol. The molecule has 1 radical (unpaired) electrons. The van der Waals surface area contributed by atoms with Crippen molar-refractivity contribution in [2.75, 3.05) is 0 Å². The van der Waals surface area contributed by atoms with Gasteiger partial charge in [-0.15, -0.1) is 17.8 Å². The molecule has 0 bridgehead atoms. The highest BCUT2D eigenvalue weighted by Crippen LogP contribution is 2.21. The largest absolute Gasteiger partial charge is 0.450 e. The van der Waals surface area contributed by atoms with E-state index >= 15 is 0 Å². The average molecular weight is 177 g/mol. The Balaban J connectivity index is 2.62. The molecule has 0 atom stereocenters. The third-order valence-corrected chi connectivity index (χ3v) is 1.96. The average Bonchev–Trinajstić information content (AvgIpc) is 2.56. The van der Waals surface area contributed by atoms with Gasteiger partial charge >= 0.3 is 0 Å². The maximum atomic E-state index is 5.42. The van der Waals surface area contributed by atoms with Crippen LogP contribution in [-0.4, -0.2) is 0 Å². The summed E-state index contributed by atoms with van der Waals surface area (Å²) in [7, 11) is 0. The number of rotatable bonds is 3. The van der Waals surface area contributed by atoms with Gasteiger partial charge in [-0.3, -0.25) is 0 Å². The highest BCUT2D eigenvalue weighted by atomic mass is 32.1. The lowest BCUT2D eigenvalue weighted by Crippen LogP contribution is -1.90. The predicted molar refractivity (Wildman–Crippen MR) is 51.8 cm³/mol. The molecule has 0 amide bonds. The van der Waals surface area contributed by atoms with E-state index in [1.165, 1.54) is 11.3 Å². The summed E-state index contributed by atoms with van der Waals surface area (Å²) in [6, 6.07) is 3.82. The van der Waals surface area contributed by atoms with Crippen LogP contribution in [0.5, 0.6) is 5.06 Å². The molecule has 0 unspecified atom stereocenters. The lowest BCUT2D eigenvalue weighted by atomic mass is 10.3. The second-order valence-corrected chi connectivity index (χ2v) is 2.97. The van der Waals surface area contributed by atoms with Crippen molar-refractivity contribution >= 4 is 11.3 Å². The highest BCUT2D eigenvalue weighted by molar-refractivity contribution is 7.11. The maximum absolute atomic E-state index is 5.42. The summed E-state index contributed by atoms with van der Waals surface area (Å²) in [5.74, 6) is 3.13. The second-order valence-electron chi connectivity index (χ2n) is 2.06. The van der Waals surface area contributed by atoms with E-state index in [4.69, 9.17) is 11.2 Å². The first-order valence-corrected chi connectivity index (χ1v) is 4.40. The van der Waals surface area contributed by atoms with E-state index in [0.29, 0.717) is 6.42 Å². The van der Waals surface area contributed by atoms with E-state index in [0.717, 1.165) is 10.8 Å². The molecule has 1 aromatic rings. The van der Waals surface area contributed by atoms with Gasteiger partial charge in [0.1, 0.15) is 5.76 Å². The summed E-state index contributed by atoms with van der Waals surface area (Å²) in [5, 5.41) is 2.80. The SMILES string of the molecule is C#C/C=C(/C[CH2])Oc1cccs1. The van der Waals surface area contributed by atoms with Crippen molar-refractivity contribution in [1.29, 1.82) is 0 Å². The molecule has 1 aromatic heterocycles. The first-order chi connectivity index (χ1) is 5.86. The predicted octanol–water partition coefficient (Wildman–Crippen LogP) is 2.87. The Labute approximate surface area is 76.7 Å². The van der Waals surface area contributed by atoms with E-state index in [-0.39, 0.29) is 0 Å². The quantitative estimate of drug-likeness (QED) is 0.509. The fourth-order valence-electron chi connectivity index (χ4n) is 0.696. The van der Waals surface area contributed by atoms with Crippen molar-refractivity contribution in [2.24, 2.45) is 0 Å². The molecule has 12 heavy (non-hydrogen) atoms. The van der Waals surface area contributed by atoms with Gasteiger partial charge in [-0.05, 0) is 24.4 Å². The first kappa shape index (κ1) is 8.89. The third-order valence-electron chi connectivity index (χ3n) is 1.22. The third kappa shape index (κ3) is 2.44. The summed E-state index contributed by atoms with van der Waals surface area (Å²) < 4.78 is 5.42. The van der Waals surface area contributed by atoms with Gasteiger partial charge in [0, 0.05) is 12.5 Å². The minimum atomic E-state index is 0.572. The normalized spacial score (nSPS) is 10.8. The van der Waals surface area contributed by atoms with Crippen LogP contribution in [0.25, 0.3) is 0 Å². The summed E-state index contributed by atoms with van der Waals surface area (Å²) >= 11 is 1.53. The van der Waals surface area contributed by atoms with Crippen molar-refractivity contribution in [3.05, 3.63) is 36.3 Å². The summed E-state index contributed by atoms with van der Waals surface area (Å²) in [4.78, 5) is 0. The Morgan fingerprint density at radius 2 is 2.67 bits per heavy atom. The number of terminal acetylenes is 1. The molecule has 0 spiro atoms. The Morgan fingerprint density at radius 1 is 1.83 bits per heavy atom. The Bertz CT molecular complexity index is 290. The Hall–Kier alpha value is -1.20. The monoisotopic (exact) mass is 177 g/mol. The van der Waals surface area contributed by atoms with Crippen LogP contribution in [0, 0.1) is 19.3 Å². The van der Waals surface area contributed by atoms with Gasteiger partial charge in [-0.2, -0.15) is 0 Å². The van der Waals surface area contributed by atoms with Gasteiger partial charge < -0.3 is 4.74 Å². The molecule has 0 saturated heterocycles. The van der Waals surface area contributed by atoms with Crippen LogP contribution in [0.15, 0.2) is 29.3 Å². The van der Waals surface area contributed by atoms with Crippen LogP contribution in [0.1, 0.15) is 6.42 Å². The van der Waals surface area contributed by atoms with Crippen LogP contribution in [0.2, 0.25) is 0 Å². The van der Waals surface area contributed by atoms with Gasteiger partial charge in [0.15, 0.2) is 5.06 Å². The Morgan fingerprint density at radius 3 is 3.17 bits per heavy atom. The zero-order valence-electron chi connectivity index (χ0n) is 6.62. The fourth-order valence-corrected chi connectivity index (χ4v) is 1.30. The van der Waals surface area contributed by atoms with Gasteiger partial charge in [0.2, 0.25) is 0 Å². The molecule has 0 aliphatic carbocycles. The zero-order valence-corrected chi connectivity index (χ0v) is 7.43. The van der Waals surface area contributed by atoms with Crippen LogP contribution in [0.4, 0.5) is 0 Å². The molecule has 0 saturated carbocycles. The molecule has 0 aliphatic heterocycles. The summed E-state index contributed by atoms with van der Waals surface area (Å²) in [6.45, 7) is 3.70. The molecule has 0 N–H and O–H groups in total. The van der Waals surface area contributed by atoms with Gasteiger partial charge in [0.05, 0.1) is 0 Å². The lowest BCUT2D eigenvalue weighted by Gasteiger charge is -2.02. The fraction of sp³-hybridized carbons (Fsp3) is 0.100.